The van der Waals surface area contributed by atoms with Gasteiger partial charge in [-0.2, -0.15) is 0 Å². The number of pyridine rings is 1. The molecular formula is C12H12BrN3O3. The molecule has 2 heterocycles. The summed E-state index contributed by atoms with van der Waals surface area (Å²) in [5.41, 5.74) is 0. The first-order valence-corrected chi connectivity index (χ1v) is 6.55. The zero-order chi connectivity index (χ0) is 14.0. The number of rotatable bonds is 3. The molecular weight excluding hydrogens is 314 g/mol. The molecule has 0 spiro atoms. The number of halogens is 1. The Morgan fingerprint density at radius 1 is 1.37 bits per heavy atom. The van der Waals surface area contributed by atoms with E-state index < -0.39 is 11.9 Å². The highest BCUT2D eigenvalue weighted by atomic mass is 79.9. The summed E-state index contributed by atoms with van der Waals surface area (Å²) >= 11 is 3.24. The Balaban J connectivity index is 2.05. The molecule has 1 atom stereocenters. The van der Waals surface area contributed by atoms with E-state index >= 15 is 0 Å². The zero-order valence-electron chi connectivity index (χ0n) is 10.2. The molecule has 7 heteroatoms. The molecule has 100 valence electrons. The summed E-state index contributed by atoms with van der Waals surface area (Å²) in [5, 5.41) is 2.57. The number of nitrogens with zero attached hydrogens (tertiary/aromatic N) is 2. The van der Waals surface area contributed by atoms with Crippen LogP contribution in [0.5, 0.6) is 0 Å². The van der Waals surface area contributed by atoms with Crippen LogP contribution < -0.4 is 5.32 Å². The number of imide groups is 1. The maximum absolute atomic E-state index is 12.0. The van der Waals surface area contributed by atoms with Crippen LogP contribution in [0.2, 0.25) is 0 Å². The van der Waals surface area contributed by atoms with Crippen LogP contribution in [-0.2, 0) is 14.4 Å². The highest BCUT2D eigenvalue weighted by Gasteiger charge is 2.36. The van der Waals surface area contributed by atoms with Crippen molar-refractivity contribution in [2.75, 3.05) is 5.32 Å². The molecule has 1 saturated heterocycles. The number of aromatic nitrogens is 1. The Morgan fingerprint density at radius 2 is 2.00 bits per heavy atom. The predicted molar refractivity (Wildman–Crippen MR) is 71.1 cm³/mol. The van der Waals surface area contributed by atoms with Gasteiger partial charge in [0.1, 0.15) is 11.9 Å². The van der Waals surface area contributed by atoms with E-state index in [0.717, 1.165) is 9.37 Å². The maximum Gasteiger partial charge on any atom is 0.248 e. The second-order valence-corrected chi connectivity index (χ2v) is 5.10. The van der Waals surface area contributed by atoms with Crippen molar-refractivity contribution in [2.45, 2.75) is 25.8 Å². The normalized spacial score (nSPS) is 16.6. The summed E-state index contributed by atoms with van der Waals surface area (Å²) in [6.07, 6.45) is 1.90. The molecule has 1 aromatic heterocycles. The van der Waals surface area contributed by atoms with Gasteiger partial charge in [-0.15, -0.1) is 0 Å². The minimum atomic E-state index is -0.826. The monoisotopic (exact) mass is 325 g/mol. The van der Waals surface area contributed by atoms with Crippen LogP contribution in [-0.4, -0.2) is 33.6 Å². The molecule has 1 fully saturated rings. The fourth-order valence-electron chi connectivity index (χ4n) is 1.82. The fraction of sp³-hybridized carbons (Fsp3) is 0.333. The highest BCUT2D eigenvalue weighted by Crippen LogP contribution is 2.17. The van der Waals surface area contributed by atoms with Crippen molar-refractivity contribution in [3.63, 3.8) is 0 Å². The lowest BCUT2D eigenvalue weighted by Crippen LogP contribution is -2.45. The summed E-state index contributed by atoms with van der Waals surface area (Å²) in [6.45, 7) is 1.52. The van der Waals surface area contributed by atoms with Crippen LogP contribution in [0.4, 0.5) is 5.82 Å². The number of carbonyl (C=O) groups excluding carboxylic acids is 3. The molecule has 0 radical (unpaired) electrons. The second kappa shape index (κ2) is 5.48. The number of hydrogen-bond donors (Lipinski definition) is 1. The average molecular weight is 326 g/mol. The summed E-state index contributed by atoms with van der Waals surface area (Å²) in [7, 11) is 0. The van der Waals surface area contributed by atoms with Crippen molar-refractivity contribution >= 4 is 39.5 Å². The van der Waals surface area contributed by atoms with Crippen LogP contribution >= 0.6 is 15.9 Å². The van der Waals surface area contributed by atoms with Gasteiger partial charge in [-0.3, -0.25) is 19.3 Å². The van der Waals surface area contributed by atoms with Gasteiger partial charge in [0.15, 0.2) is 0 Å². The molecule has 0 unspecified atom stereocenters. The quantitative estimate of drug-likeness (QED) is 0.850. The molecule has 1 aromatic rings. The SMILES string of the molecule is C[C@H](C(=O)Nc1ccc(Br)cn1)N1C(=O)CCC1=O. The van der Waals surface area contributed by atoms with Crippen molar-refractivity contribution in [1.82, 2.24) is 9.88 Å². The van der Waals surface area contributed by atoms with Gasteiger partial charge >= 0.3 is 0 Å². The van der Waals surface area contributed by atoms with Crippen molar-refractivity contribution in [1.29, 1.82) is 0 Å². The molecule has 0 saturated carbocycles. The van der Waals surface area contributed by atoms with E-state index in [9.17, 15) is 14.4 Å². The van der Waals surface area contributed by atoms with Crippen molar-refractivity contribution < 1.29 is 14.4 Å². The first-order chi connectivity index (χ1) is 8.99. The standard InChI is InChI=1S/C12H12BrN3O3/c1-7(16-10(17)4-5-11(16)18)12(19)15-9-3-2-8(13)6-14-9/h2-3,6-7H,4-5H2,1H3,(H,14,15,19)/t7-/m1/s1. The Hall–Kier alpha value is -1.76. The van der Waals surface area contributed by atoms with E-state index in [2.05, 4.69) is 26.2 Å². The summed E-state index contributed by atoms with van der Waals surface area (Å²) in [5.74, 6) is -0.676. The fourth-order valence-corrected chi connectivity index (χ4v) is 2.06. The molecule has 19 heavy (non-hydrogen) atoms. The number of hydrogen-bond acceptors (Lipinski definition) is 4. The van der Waals surface area contributed by atoms with Crippen molar-refractivity contribution in [3.8, 4) is 0 Å². The Bertz CT molecular complexity index is 514. The van der Waals surface area contributed by atoms with E-state index in [1.807, 2.05) is 0 Å². The molecule has 0 aliphatic carbocycles. The average Bonchev–Trinajstić information content (AvgIpc) is 2.71. The molecule has 1 aliphatic rings. The first kappa shape index (κ1) is 13.7. The molecule has 0 aromatic carbocycles. The van der Waals surface area contributed by atoms with E-state index in [1.165, 1.54) is 6.92 Å². The van der Waals surface area contributed by atoms with Crippen LogP contribution in [0.1, 0.15) is 19.8 Å². The van der Waals surface area contributed by atoms with Crippen LogP contribution in [0.3, 0.4) is 0 Å². The smallest absolute Gasteiger partial charge is 0.248 e. The number of amides is 3. The molecule has 2 rings (SSSR count). The summed E-state index contributed by atoms with van der Waals surface area (Å²) < 4.78 is 0.795. The van der Waals surface area contributed by atoms with Crippen LogP contribution in [0, 0.1) is 0 Å². The van der Waals surface area contributed by atoms with E-state index in [0.29, 0.717) is 5.82 Å². The lowest BCUT2D eigenvalue weighted by atomic mass is 10.2. The van der Waals surface area contributed by atoms with Crippen molar-refractivity contribution in [2.24, 2.45) is 0 Å². The van der Waals surface area contributed by atoms with Gasteiger partial charge in [0.25, 0.3) is 0 Å². The Kier molecular flexibility index (Phi) is 3.94. The third kappa shape index (κ3) is 2.98. The van der Waals surface area contributed by atoms with Gasteiger partial charge in [-0.25, -0.2) is 4.98 Å². The Morgan fingerprint density at radius 3 is 2.53 bits per heavy atom. The minimum absolute atomic E-state index is 0.174. The van der Waals surface area contributed by atoms with Gasteiger partial charge in [0, 0.05) is 23.5 Å². The lowest BCUT2D eigenvalue weighted by Gasteiger charge is -2.21. The number of likely N-dealkylation sites (tertiary alicyclic amines) is 1. The van der Waals surface area contributed by atoms with Crippen LogP contribution in [0.15, 0.2) is 22.8 Å². The second-order valence-electron chi connectivity index (χ2n) is 4.18. The number of anilines is 1. The molecule has 0 bridgehead atoms. The molecule has 3 amide bonds. The third-order valence-electron chi connectivity index (χ3n) is 2.84. The predicted octanol–water partition coefficient (Wildman–Crippen LogP) is 1.32. The summed E-state index contributed by atoms with van der Waals surface area (Å²) in [4.78, 5) is 40.0. The lowest BCUT2D eigenvalue weighted by molar-refractivity contribution is -0.144. The third-order valence-corrected chi connectivity index (χ3v) is 3.30. The Labute approximate surface area is 118 Å². The largest absolute Gasteiger partial charge is 0.309 e. The minimum Gasteiger partial charge on any atom is -0.309 e. The molecule has 1 N–H and O–H groups in total. The van der Waals surface area contributed by atoms with Gasteiger partial charge in [-0.1, -0.05) is 0 Å². The van der Waals surface area contributed by atoms with Gasteiger partial charge in [-0.05, 0) is 35.0 Å². The van der Waals surface area contributed by atoms with Crippen molar-refractivity contribution in [3.05, 3.63) is 22.8 Å². The van der Waals surface area contributed by atoms with E-state index in [1.54, 1.807) is 18.3 Å². The maximum atomic E-state index is 12.0. The zero-order valence-corrected chi connectivity index (χ0v) is 11.8. The molecule has 1 aliphatic heterocycles. The van der Waals surface area contributed by atoms with E-state index in [-0.39, 0.29) is 24.7 Å². The summed E-state index contributed by atoms with van der Waals surface area (Å²) in [6, 6.07) is 2.54. The van der Waals surface area contributed by atoms with Gasteiger partial charge in [0.05, 0.1) is 0 Å². The number of nitrogens with one attached hydrogen (secondary N) is 1. The van der Waals surface area contributed by atoms with Gasteiger partial charge in [0.2, 0.25) is 17.7 Å². The first-order valence-electron chi connectivity index (χ1n) is 5.76. The van der Waals surface area contributed by atoms with Gasteiger partial charge < -0.3 is 5.32 Å². The highest BCUT2D eigenvalue weighted by molar-refractivity contribution is 9.10. The molecule has 6 nitrogen and oxygen atoms in total. The van der Waals surface area contributed by atoms with E-state index in [4.69, 9.17) is 0 Å². The van der Waals surface area contributed by atoms with Crippen LogP contribution in [0.25, 0.3) is 0 Å². The number of carbonyl (C=O) groups is 3. The topological polar surface area (TPSA) is 79.4 Å².